The van der Waals surface area contributed by atoms with Gasteiger partial charge in [-0.05, 0) is 44.2 Å². The topological polar surface area (TPSA) is 101 Å². The molecule has 0 aliphatic heterocycles. The van der Waals surface area contributed by atoms with E-state index in [-0.39, 0.29) is 17.3 Å². The molecule has 7 heteroatoms. The zero-order valence-corrected chi connectivity index (χ0v) is 13.5. The number of anilines is 1. The molecule has 0 aliphatic rings. The second kappa shape index (κ2) is 7.02. The smallest absolute Gasteiger partial charge is 0.240 e. The molecule has 0 spiro atoms. The van der Waals surface area contributed by atoms with E-state index in [9.17, 15) is 13.2 Å². The molecule has 6 nitrogen and oxygen atoms in total. The van der Waals surface area contributed by atoms with Crippen LogP contribution in [0.1, 0.15) is 26.7 Å². The minimum Gasteiger partial charge on any atom is -0.329 e. The van der Waals surface area contributed by atoms with E-state index < -0.39 is 15.4 Å². The highest BCUT2D eigenvalue weighted by atomic mass is 32.2. The van der Waals surface area contributed by atoms with Crippen LogP contribution < -0.4 is 15.8 Å². The number of carbonyl (C=O) groups excluding carboxylic acids is 1. The highest BCUT2D eigenvalue weighted by Crippen LogP contribution is 2.27. The third-order valence-corrected chi connectivity index (χ3v) is 5.35. The lowest BCUT2D eigenvalue weighted by Crippen LogP contribution is -2.41. The van der Waals surface area contributed by atoms with Gasteiger partial charge in [-0.15, -0.1) is 0 Å². The zero-order valence-electron chi connectivity index (χ0n) is 12.6. The van der Waals surface area contributed by atoms with Crippen molar-refractivity contribution in [1.82, 2.24) is 4.72 Å². The second-order valence-electron chi connectivity index (χ2n) is 4.88. The summed E-state index contributed by atoms with van der Waals surface area (Å²) >= 11 is 0. The van der Waals surface area contributed by atoms with Gasteiger partial charge in [0.15, 0.2) is 0 Å². The van der Waals surface area contributed by atoms with Crippen LogP contribution in [-0.2, 0) is 14.8 Å². The van der Waals surface area contributed by atoms with Crippen LogP contribution in [0.25, 0.3) is 0 Å². The Labute approximate surface area is 126 Å². The van der Waals surface area contributed by atoms with Crippen LogP contribution in [0.2, 0.25) is 0 Å². The summed E-state index contributed by atoms with van der Waals surface area (Å²) in [6, 6.07) is 6.02. The van der Waals surface area contributed by atoms with Gasteiger partial charge in [-0.3, -0.25) is 4.79 Å². The van der Waals surface area contributed by atoms with E-state index in [0.29, 0.717) is 18.5 Å². The highest BCUT2D eigenvalue weighted by molar-refractivity contribution is 7.89. The molecule has 0 atom stereocenters. The third-order valence-electron chi connectivity index (χ3n) is 3.92. The van der Waals surface area contributed by atoms with Gasteiger partial charge in [0.05, 0.1) is 10.3 Å². The van der Waals surface area contributed by atoms with Gasteiger partial charge in [-0.2, -0.15) is 0 Å². The van der Waals surface area contributed by atoms with Crippen molar-refractivity contribution >= 4 is 21.6 Å². The molecule has 0 heterocycles. The standard InChI is InChI=1S/C14H23N3O3S/c1-4-14(5-2,10-15)13(18)17-11-6-8-12(9-7-11)21(19,20)16-3/h6-9,16H,4-5,10,15H2,1-3H3,(H,17,18). The Morgan fingerprint density at radius 2 is 1.71 bits per heavy atom. The van der Waals surface area contributed by atoms with E-state index in [2.05, 4.69) is 10.0 Å². The van der Waals surface area contributed by atoms with Gasteiger partial charge in [0.1, 0.15) is 0 Å². The van der Waals surface area contributed by atoms with Crippen molar-refractivity contribution in [3.8, 4) is 0 Å². The van der Waals surface area contributed by atoms with E-state index in [4.69, 9.17) is 5.73 Å². The quantitative estimate of drug-likeness (QED) is 0.706. The zero-order chi connectivity index (χ0) is 16.1. The number of hydrogen-bond acceptors (Lipinski definition) is 4. The first-order valence-electron chi connectivity index (χ1n) is 6.90. The molecule has 1 rings (SSSR count). The molecular formula is C14H23N3O3S. The molecule has 0 saturated carbocycles. The number of carbonyl (C=O) groups is 1. The second-order valence-corrected chi connectivity index (χ2v) is 6.76. The first-order valence-corrected chi connectivity index (χ1v) is 8.38. The molecule has 0 unspecified atom stereocenters. The Morgan fingerprint density at radius 1 is 1.19 bits per heavy atom. The fraction of sp³-hybridized carbons (Fsp3) is 0.500. The Balaban J connectivity index is 2.93. The molecule has 0 fully saturated rings. The summed E-state index contributed by atoms with van der Waals surface area (Å²) in [5.41, 5.74) is 5.70. The Kier molecular flexibility index (Phi) is 5.88. The van der Waals surface area contributed by atoms with Gasteiger partial charge in [-0.25, -0.2) is 13.1 Å². The van der Waals surface area contributed by atoms with Crippen molar-refractivity contribution in [1.29, 1.82) is 0 Å². The van der Waals surface area contributed by atoms with Crippen LogP contribution >= 0.6 is 0 Å². The summed E-state index contributed by atoms with van der Waals surface area (Å²) in [5.74, 6) is -0.140. The van der Waals surface area contributed by atoms with E-state index in [0.717, 1.165) is 0 Å². The molecular weight excluding hydrogens is 290 g/mol. The van der Waals surface area contributed by atoms with Gasteiger partial charge in [0.2, 0.25) is 15.9 Å². The molecule has 118 valence electrons. The number of amides is 1. The fourth-order valence-electron chi connectivity index (χ4n) is 2.05. The number of rotatable bonds is 7. The molecule has 1 aromatic rings. The first kappa shape index (κ1) is 17.6. The number of nitrogens with one attached hydrogen (secondary N) is 2. The minimum absolute atomic E-state index is 0.140. The molecule has 0 aliphatic carbocycles. The molecule has 21 heavy (non-hydrogen) atoms. The summed E-state index contributed by atoms with van der Waals surface area (Å²) in [4.78, 5) is 12.5. The molecule has 0 radical (unpaired) electrons. The van der Waals surface area contributed by atoms with Crippen LogP contribution in [0, 0.1) is 5.41 Å². The van der Waals surface area contributed by atoms with Crippen LogP contribution in [0.5, 0.6) is 0 Å². The SMILES string of the molecule is CCC(CC)(CN)C(=O)Nc1ccc(S(=O)(=O)NC)cc1. The number of sulfonamides is 1. The molecule has 0 aromatic heterocycles. The van der Waals surface area contributed by atoms with Gasteiger partial charge in [0, 0.05) is 12.2 Å². The predicted molar refractivity (Wildman–Crippen MR) is 83.4 cm³/mol. The van der Waals surface area contributed by atoms with Gasteiger partial charge in [-0.1, -0.05) is 13.8 Å². The third kappa shape index (κ3) is 3.81. The van der Waals surface area contributed by atoms with Crippen molar-refractivity contribution in [3.05, 3.63) is 24.3 Å². The minimum atomic E-state index is -3.47. The lowest BCUT2D eigenvalue weighted by Gasteiger charge is -2.28. The highest BCUT2D eigenvalue weighted by Gasteiger charge is 2.33. The van der Waals surface area contributed by atoms with Crippen LogP contribution in [0.3, 0.4) is 0 Å². The van der Waals surface area contributed by atoms with Crippen molar-refractivity contribution in [3.63, 3.8) is 0 Å². The summed E-state index contributed by atoms with van der Waals surface area (Å²) in [7, 11) is -2.12. The maximum absolute atomic E-state index is 12.3. The average molecular weight is 313 g/mol. The van der Waals surface area contributed by atoms with Gasteiger partial charge >= 0.3 is 0 Å². The largest absolute Gasteiger partial charge is 0.329 e. The van der Waals surface area contributed by atoms with E-state index >= 15 is 0 Å². The predicted octanol–water partition coefficient (Wildman–Crippen LogP) is 1.30. The Morgan fingerprint density at radius 3 is 2.10 bits per heavy atom. The average Bonchev–Trinajstić information content (AvgIpc) is 2.50. The fourth-order valence-corrected chi connectivity index (χ4v) is 2.78. The lowest BCUT2D eigenvalue weighted by atomic mass is 9.81. The van der Waals surface area contributed by atoms with Crippen molar-refractivity contribution in [2.45, 2.75) is 31.6 Å². The molecule has 0 saturated heterocycles. The van der Waals surface area contributed by atoms with Crippen LogP contribution in [0.4, 0.5) is 5.69 Å². The van der Waals surface area contributed by atoms with E-state index in [1.54, 1.807) is 12.1 Å². The molecule has 1 amide bonds. The summed E-state index contributed by atoms with van der Waals surface area (Å²) in [5, 5.41) is 2.80. The van der Waals surface area contributed by atoms with Crippen molar-refractivity contribution in [2.75, 3.05) is 18.9 Å². The number of hydrogen-bond donors (Lipinski definition) is 3. The van der Waals surface area contributed by atoms with Crippen LogP contribution in [0.15, 0.2) is 29.2 Å². The van der Waals surface area contributed by atoms with Crippen molar-refractivity contribution < 1.29 is 13.2 Å². The van der Waals surface area contributed by atoms with Crippen molar-refractivity contribution in [2.24, 2.45) is 11.1 Å². The Bertz CT molecular complexity index is 570. The summed E-state index contributed by atoms with van der Waals surface area (Å²) in [6.45, 7) is 4.13. The maximum Gasteiger partial charge on any atom is 0.240 e. The normalized spacial score (nSPS) is 12.2. The molecule has 1 aromatic carbocycles. The van der Waals surface area contributed by atoms with Crippen LogP contribution in [-0.4, -0.2) is 27.9 Å². The molecule has 4 N–H and O–H groups in total. The van der Waals surface area contributed by atoms with E-state index in [1.165, 1.54) is 19.2 Å². The van der Waals surface area contributed by atoms with E-state index in [1.807, 2.05) is 13.8 Å². The Hall–Kier alpha value is -1.44. The monoisotopic (exact) mass is 313 g/mol. The summed E-state index contributed by atoms with van der Waals surface area (Å²) < 4.78 is 25.5. The first-order chi connectivity index (χ1) is 9.85. The van der Waals surface area contributed by atoms with Gasteiger partial charge < -0.3 is 11.1 Å². The van der Waals surface area contributed by atoms with Gasteiger partial charge in [0.25, 0.3) is 0 Å². The summed E-state index contributed by atoms with van der Waals surface area (Å²) in [6.07, 6.45) is 1.30. The maximum atomic E-state index is 12.3. The number of nitrogens with two attached hydrogens (primary N) is 1. The number of benzene rings is 1. The lowest BCUT2D eigenvalue weighted by molar-refractivity contribution is -0.125. The molecule has 0 bridgehead atoms.